The summed E-state index contributed by atoms with van der Waals surface area (Å²) in [6.45, 7) is 16.7. The van der Waals surface area contributed by atoms with Gasteiger partial charge in [-0.3, -0.25) is 0 Å². The van der Waals surface area contributed by atoms with Crippen LogP contribution in [-0.4, -0.2) is 0 Å². The van der Waals surface area contributed by atoms with Gasteiger partial charge in [0, 0.05) is 0 Å². The zero-order valence-electron chi connectivity index (χ0n) is 35.2. The molecule has 0 nitrogen and oxygen atoms in total. The van der Waals surface area contributed by atoms with E-state index in [0.29, 0.717) is 0 Å². The first-order valence-electron chi connectivity index (χ1n) is 21.2. The van der Waals surface area contributed by atoms with Crippen molar-refractivity contribution in [1.29, 1.82) is 0 Å². The Hall–Kier alpha value is -6.24. The van der Waals surface area contributed by atoms with Crippen LogP contribution in [0.1, 0.15) is 71.4 Å². The summed E-state index contributed by atoms with van der Waals surface area (Å²) < 4.78 is 0. The zero-order chi connectivity index (χ0) is 40.6. The number of hydrogen-bond acceptors (Lipinski definition) is 0. The minimum Gasteiger partial charge on any atom is -0.0985 e. The predicted molar refractivity (Wildman–Crippen MR) is 259 cm³/mol. The van der Waals surface area contributed by atoms with Crippen LogP contribution in [0.5, 0.6) is 0 Å². The highest BCUT2D eigenvalue weighted by molar-refractivity contribution is 6.09. The summed E-state index contributed by atoms with van der Waals surface area (Å²) >= 11 is 0. The molecule has 0 amide bonds. The maximum absolute atomic E-state index is 4.06. The van der Waals surface area contributed by atoms with Crippen molar-refractivity contribution in [3.63, 3.8) is 0 Å². The molecule has 0 heteroatoms. The topological polar surface area (TPSA) is 0 Å². The molecule has 0 aromatic heterocycles. The van der Waals surface area contributed by atoms with E-state index in [1.54, 1.807) is 0 Å². The lowest BCUT2D eigenvalue weighted by atomic mass is 9.84. The van der Waals surface area contributed by atoms with Crippen LogP contribution in [0.15, 0.2) is 176 Å². The Morgan fingerprint density at radius 1 is 0.603 bits per heavy atom. The molecule has 0 radical (unpaired) electrons. The highest BCUT2D eigenvalue weighted by Crippen LogP contribution is 2.37. The molecule has 7 aromatic rings. The van der Waals surface area contributed by atoms with Crippen molar-refractivity contribution >= 4 is 50.0 Å². The van der Waals surface area contributed by atoms with Gasteiger partial charge in [-0.2, -0.15) is 0 Å². The van der Waals surface area contributed by atoms with E-state index in [9.17, 15) is 0 Å². The van der Waals surface area contributed by atoms with Crippen LogP contribution < -0.4 is 10.4 Å². The summed E-state index contributed by atoms with van der Waals surface area (Å²) in [5.41, 5.74) is 13.9. The number of fused-ring (bicyclic) bond motifs is 4. The molecule has 0 N–H and O–H groups in total. The van der Waals surface area contributed by atoms with Crippen molar-refractivity contribution < 1.29 is 0 Å². The van der Waals surface area contributed by atoms with E-state index >= 15 is 0 Å². The number of hydrogen-bond donors (Lipinski definition) is 0. The van der Waals surface area contributed by atoms with Crippen molar-refractivity contribution in [3.05, 3.63) is 197 Å². The van der Waals surface area contributed by atoms with Crippen molar-refractivity contribution in [3.8, 4) is 33.4 Å². The van der Waals surface area contributed by atoms with Crippen molar-refractivity contribution in [1.82, 2.24) is 0 Å². The smallest absolute Gasteiger partial charge is 0.00293 e. The predicted octanol–water partition coefficient (Wildman–Crippen LogP) is 15.7. The molecule has 0 saturated carbocycles. The van der Waals surface area contributed by atoms with Gasteiger partial charge in [-0.05, 0) is 163 Å². The van der Waals surface area contributed by atoms with Crippen LogP contribution in [0.4, 0.5) is 0 Å². The van der Waals surface area contributed by atoms with Gasteiger partial charge in [-0.1, -0.05) is 185 Å². The molecule has 0 spiro atoms. The van der Waals surface area contributed by atoms with E-state index in [4.69, 9.17) is 0 Å². The SMILES string of the molecule is C=CC(=C\C=C/C)/C(C)=C/C=C(\CCC)c1cccc(-c2ccc3c(-c4ccc5cc(C)ccc5c4)c4c(c(-c5ccc6ccccc6c5)c3c2)=CCCC=4)c1.CC. The first-order valence-corrected chi connectivity index (χ1v) is 21.2. The molecule has 0 atom stereocenters. The zero-order valence-corrected chi connectivity index (χ0v) is 35.2. The van der Waals surface area contributed by atoms with Crippen LogP contribution >= 0.6 is 0 Å². The minimum atomic E-state index is 1.01. The summed E-state index contributed by atoms with van der Waals surface area (Å²) in [7, 11) is 0. The van der Waals surface area contributed by atoms with Crippen LogP contribution in [0.3, 0.4) is 0 Å². The van der Waals surface area contributed by atoms with Crippen LogP contribution in [0.2, 0.25) is 0 Å². The molecule has 7 aromatic carbocycles. The van der Waals surface area contributed by atoms with Gasteiger partial charge in [0.05, 0.1) is 0 Å². The number of rotatable bonds is 10. The Morgan fingerprint density at radius 2 is 1.22 bits per heavy atom. The average Bonchev–Trinajstić information content (AvgIpc) is 3.27. The minimum absolute atomic E-state index is 1.01. The first kappa shape index (κ1) is 40.0. The third kappa shape index (κ3) is 8.25. The second-order valence-corrected chi connectivity index (χ2v) is 15.2. The standard InChI is InChI=1S/C56H50.C2H6/c1-6-9-16-40(8-3)39(5)24-26-41(15-7-2)44-19-14-20-45(34-44)48-31-32-53-54(37-48)56(50-29-27-42-17-10-11-18-43(42)35-50)52-22-13-12-21-51(52)55(53)49-30-28-46-33-38(4)23-25-47(46)36-49;1-2/h6,8-11,14,16-37H,3,7,12-13,15H2,1-2,4-5H3;1-2H3/b9-6-,39-24+,40-16+,41-26+;. The quantitative estimate of drug-likeness (QED) is 0.122. The second kappa shape index (κ2) is 18.4. The Kier molecular flexibility index (Phi) is 12.6. The molecule has 0 bridgehead atoms. The molecule has 0 aliphatic heterocycles. The lowest BCUT2D eigenvalue weighted by Crippen LogP contribution is -2.31. The fourth-order valence-electron chi connectivity index (χ4n) is 8.45. The van der Waals surface area contributed by atoms with Gasteiger partial charge < -0.3 is 0 Å². The van der Waals surface area contributed by atoms with Crippen molar-refractivity contribution in [2.24, 2.45) is 0 Å². The lowest BCUT2D eigenvalue weighted by molar-refractivity contribution is 0.973. The normalized spacial score (nSPS) is 13.2. The van der Waals surface area contributed by atoms with E-state index in [1.807, 2.05) is 26.8 Å². The Morgan fingerprint density at radius 3 is 1.93 bits per heavy atom. The largest absolute Gasteiger partial charge is 0.0985 e. The van der Waals surface area contributed by atoms with E-state index in [-0.39, 0.29) is 0 Å². The third-order valence-electron chi connectivity index (χ3n) is 11.3. The van der Waals surface area contributed by atoms with Gasteiger partial charge in [-0.15, -0.1) is 0 Å². The highest BCUT2D eigenvalue weighted by Gasteiger charge is 2.18. The monoisotopic (exact) mass is 752 g/mol. The van der Waals surface area contributed by atoms with Crippen LogP contribution in [0.25, 0.3) is 83.4 Å². The lowest BCUT2D eigenvalue weighted by Gasteiger charge is -2.19. The molecule has 8 rings (SSSR count). The maximum atomic E-state index is 4.06. The Bertz CT molecular complexity index is 2900. The number of benzene rings is 7. The number of allylic oxidation sites excluding steroid dienone is 9. The van der Waals surface area contributed by atoms with Gasteiger partial charge in [0.1, 0.15) is 0 Å². The molecule has 1 aliphatic rings. The molecule has 0 unspecified atom stereocenters. The summed E-state index contributed by atoms with van der Waals surface area (Å²) in [6, 6.07) is 45.9. The van der Waals surface area contributed by atoms with E-state index < -0.39 is 0 Å². The van der Waals surface area contributed by atoms with Gasteiger partial charge >= 0.3 is 0 Å². The summed E-state index contributed by atoms with van der Waals surface area (Å²) in [6.07, 6.45) is 21.9. The van der Waals surface area contributed by atoms with E-state index in [0.717, 1.165) is 31.3 Å². The molecule has 0 saturated heterocycles. The third-order valence-corrected chi connectivity index (χ3v) is 11.3. The maximum Gasteiger partial charge on any atom is -0.00293 e. The molecule has 288 valence electrons. The molecule has 0 fully saturated rings. The van der Waals surface area contributed by atoms with E-state index in [2.05, 4.69) is 191 Å². The molecule has 0 heterocycles. The first-order chi connectivity index (χ1) is 28.4. The Balaban J connectivity index is 0.00000252. The summed E-state index contributed by atoms with van der Waals surface area (Å²) in [4.78, 5) is 0. The van der Waals surface area contributed by atoms with Gasteiger partial charge in [-0.25, -0.2) is 0 Å². The summed E-state index contributed by atoms with van der Waals surface area (Å²) in [5.74, 6) is 0. The Labute approximate surface area is 346 Å². The molecular weight excluding hydrogens is 697 g/mol. The van der Waals surface area contributed by atoms with Gasteiger partial charge in [0.25, 0.3) is 0 Å². The fourth-order valence-corrected chi connectivity index (χ4v) is 8.45. The van der Waals surface area contributed by atoms with E-state index in [1.165, 1.54) is 98.4 Å². The number of aryl methyl sites for hydroxylation is 1. The molecular formula is C58H56. The van der Waals surface area contributed by atoms with Crippen molar-refractivity contribution in [2.45, 2.75) is 67.2 Å². The molecule has 58 heavy (non-hydrogen) atoms. The highest BCUT2D eigenvalue weighted by atomic mass is 14.2. The summed E-state index contributed by atoms with van der Waals surface area (Å²) in [5, 5.41) is 10.4. The second-order valence-electron chi connectivity index (χ2n) is 15.2. The fraction of sp³-hybridized carbons (Fsp3) is 0.172. The van der Waals surface area contributed by atoms with Crippen LogP contribution in [-0.2, 0) is 0 Å². The van der Waals surface area contributed by atoms with Gasteiger partial charge in [0.15, 0.2) is 0 Å². The average molecular weight is 753 g/mol. The van der Waals surface area contributed by atoms with Crippen LogP contribution in [0, 0.1) is 6.92 Å². The van der Waals surface area contributed by atoms with Gasteiger partial charge in [0.2, 0.25) is 0 Å². The van der Waals surface area contributed by atoms with Crippen molar-refractivity contribution in [2.75, 3.05) is 0 Å². The molecule has 1 aliphatic carbocycles.